The van der Waals surface area contributed by atoms with Gasteiger partial charge in [-0.3, -0.25) is 0 Å². The molecule has 0 amide bonds. The van der Waals surface area contributed by atoms with E-state index in [2.05, 4.69) is 17.4 Å². The third kappa shape index (κ3) is 2.83. The second-order valence-corrected chi connectivity index (χ2v) is 6.15. The molecule has 0 aromatic heterocycles. The van der Waals surface area contributed by atoms with Crippen molar-refractivity contribution in [1.82, 2.24) is 5.32 Å². The van der Waals surface area contributed by atoms with Gasteiger partial charge < -0.3 is 16.2 Å². The predicted molar refractivity (Wildman–Crippen MR) is 76.8 cm³/mol. The molecule has 0 spiro atoms. The van der Waals surface area contributed by atoms with Gasteiger partial charge in [0, 0.05) is 18.1 Å². The number of benzene rings is 1. The van der Waals surface area contributed by atoms with E-state index in [1.807, 2.05) is 18.2 Å². The van der Waals surface area contributed by atoms with Gasteiger partial charge in [0.2, 0.25) is 0 Å². The highest BCUT2D eigenvalue weighted by atomic mass is 16.3. The Morgan fingerprint density at radius 1 is 1.16 bits per heavy atom. The molecule has 3 nitrogen and oxygen atoms in total. The van der Waals surface area contributed by atoms with Crippen molar-refractivity contribution in [3.8, 4) is 0 Å². The standard InChI is InChI=1S/C16H24N2O/c17-14(10-11-4-2-1-3-5-11)16(19)15-12-6-8-13(18-15)9-7-12/h1-5,12-16,18-19H,6-10,17H2/t12?,13?,14-,15+,16-/m0/s1. The summed E-state index contributed by atoms with van der Waals surface area (Å²) < 4.78 is 0. The van der Waals surface area contributed by atoms with Gasteiger partial charge in [0.05, 0.1) is 6.10 Å². The maximum absolute atomic E-state index is 10.5. The van der Waals surface area contributed by atoms with Crippen LogP contribution in [0.4, 0.5) is 0 Å². The molecule has 1 aromatic rings. The summed E-state index contributed by atoms with van der Waals surface area (Å²) in [5, 5.41) is 14.1. The highest BCUT2D eigenvalue weighted by molar-refractivity contribution is 5.16. The molecule has 1 aliphatic carbocycles. The van der Waals surface area contributed by atoms with Crippen LogP contribution in [-0.4, -0.2) is 29.3 Å². The second kappa shape index (κ2) is 5.61. The molecule has 104 valence electrons. The average molecular weight is 260 g/mol. The molecule has 4 N–H and O–H groups in total. The molecule has 2 heterocycles. The van der Waals surface area contributed by atoms with E-state index in [1.165, 1.54) is 31.2 Å². The first-order valence-corrected chi connectivity index (χ1v) is 7.47. The normalized spacial score (nSPS) is 33.1. The molecule has 3 atom stereocenters. The number of aliphatic hydroxyl groups is 1. The Kier molecular flexibility index (Phi) is 3.87. The molecule has 2 saturated heterocycles. The zero-order valence-electron chi connectivity index (χ0n) is 11.3. The van der Waals surface area contributed by atoms with Crippen molar-refractivity contribution in [2.45, 2.75) is 56.3 Å². The SMILES string of the molecule is N[C@@H](Cc1ccccc1)[C@H](O)[C@@H]1NC2CCC1CC2. The molecule has 2 bridgehead atoms. The molecule has 1 saturated carbocycles. The van der Waals surface area contributed by atoms with Crippen molar-refractivity contribution < 1.29 is 5.11 Å². The minimum atomic E-state index is -0.437. The Labute approximate surface area is 115 Å². The van der Waals surface area contributed by atoms with Gasteiger partial charge in [-0.25, -0.2) is 0 Å². The summed E-state index contributed by atoms with van der Waals surface area (Å²) >= 11 is 0. The Balaban J connectivity index is 1.62. The molecular formula is C16H24N2O. The highest BCUT2D eigenvalue weighted by Crippen LogP contribution is 2.34. The zero-order valence-corrected chi connectivity index (χ0v) is 11.3. The van der Waals surface area contributed by atoms with E-state index in [-0.39, 0.29) is 12.1 Å². The average Bonchev–Trinajstić information content (AvgIpc) is 2.48. The highest BCUT2D eigenvalue weighted by Gasteiger charge is 2.40. The van der Waals surface area contributed by atoms with Gasteiger partial charge in [-0.2, -0.15) is 0 Å². The van der Waals surface area contributed by atoms with Crippen LogP contribution in [0.2, 0.25) is 0 Å². The van der Waals surface area contributed by atoms with E-state index >= 15 is 0 Å². The first-order chi connectivity index (χ1) is 9.24. The van der Waals surface area contributed by atoms with E-state index in [4.69, 9.17) is 5.73 Å². The topological polar surface area (TPSA) is 58.3 Å². The van der Waals surface area contributed by atoms with Gasteiger partial charge in [0.25, 0.3) is 0 Å². The van der Waals surface area contributed by atoms with Crippen LogP contribution in [0.15, 0.2) is 30.3 Å². The lowest BCUT2D eigenvalue weighted by molar-refractivity contribution is 0.0221. The van der Waals surface area contributed by atoms with Crippen molar-refractivity contribution in [2.75, 3.05) is 0 Å². The van der Waals surface area contributed by atoms with Gasteiger partial charge in [-0.05, 0) is 43.6 Å². The first kappa shape index (κ1) is 13.1. The minimum absolute atomic E-state index is 0.181. The summed E-state index contributed by atoms with van der Waals surface area (Å²) in [6, 6.07) is 10.8. The Morgan fingerprint density at radius 3 is 2.42 bits per heavy atom. The second-order valence-electron chi connectivity index (χ2n) is 6.15. The number of fused-ring (bicyclic) bond motifs is 3. The number of nitrogens with one attached hydrogen (secondary N) is 1. The third-order valence-corrected chi connectivity index (χ3v) is 4.83. The van der Waals surface area contributed by atoms with Crippen LogP contribution in [0.25, 0.3) is 0 Å². The molecule has 3 fully saturated rings. The van der Waals surface area contributed by atoms with E-state index in [0.717, 1.165) is 6.42 Å². The van der Waals surface area contributed by atoms with Gasteiger partial charge in [-0.1, -0.05) is 30.3 Å². The van der Waals surface area contributed by atoms with Crippen LogP contribution in [0, 0.1) is 5.92 Å². The van der Waals surface area contributed by atoms with Gasteiger partial charge >= 0.3 is 0 Å². The van der Waals surface area contributed by atoms with Gasteiger partial charge in [0.1, 0.15) is 0 Å². The monoisotopic (exact) mass is 260 g/mol. The molecule has 2 aliphatic heterocycles. The summed E-state index contributed by atoms with van der Waals surface area (Å²) in [5.41, 5.74) is 7.43. The van der Waals surface area contributed by atoms with Crippen molar-refractivity contribution in [3.63, 3.8) is 0 Å². The van der Waals surface area contributed by atoms with Crippen LogP contribution in [0.3, 0.4) is 0 Å². The molecule has 0 unspecified atom stereocenters. The lowest BCUT2D eigenvalue weighted by atomic mass is 9.73. The summed E-state index contributed by atoms with van der Waals surface area (Å²) in [5.74, 6) is 0.613. The molecular weight excluding hydrogens is 236 g/mol. The van der Waals surface area contributed by atoms with Crippen molar-refractivity contribution >= 4 is 0 Å². The Bertz CT molecular complexity index is 400. The first-order valence-electron chi connectivity index (χ1n) is 7.47. The molecule has 3 aliphatic rings. The molecule has 0 radical (unpaired) electrons. The fraction of sp³-hybridized carbons (Fsp3) is 0.625. The summed E-state index contributed by atoms with van der Waals surface area (Å²) in [7, 11) is 0. The lowest BCUT2D eigenvalue weighted by Crippen LogP contribution is -2.61. The fourth-order valence-electron chi connectivity index (χ4n) is 3.70. The number of piperidine rings is 2. The van der Waals surface area contributed by atoms with E-state index in [9.17, 15) is 5.11 Å². The minimum Gasteiger partial charge on any atom is -0.390 e. The van der Waals surface area contributed by atoms with E-state index in [1.54, 1.807) is 0 Å². The maximum atomic E-state index is 10.5. The van der Waals surface area contributed by atoms with Crippen molar-refractivity contribution in [3.05, 3.63) is 35.9 Å². The van der Waals surface area contributed by atoms with Crippen molar-refractivity contribution in [2.24, 2.45) is 11.7 Å². The number of hydrogen-bond acceptors (Lipinski definition) is 3. The molecule has 1 aromatic carbocycles. The summed E-state index contributed by atoms with van der Waals surface area (Å²) in [6.07, 6.45) is 5.34. The fourth-order valence-corrected chi connectivity index (χ4v) is 3.70. The predicted octanol–water partition coefficient (Wildman–Crippen LogP) is 1.45. The third-order valence-electron chi connectivity index (χ3n) is 4.83. The Morgan fingerprint density at radius 2 is 1.84 bits per heavy atom. The number of aliphatic hydroxyl groups excluding tert-OH is 1. The zero-order chi connectivity index (χ0) is 13.2. The van der Waals surface area contributed by atoms with Crippen LogP contribution in [-0.2, 0) is 6.42 Å². The van der Waals surface area contributed by atoms with Crippen molar-refractivity contribution in [1.29, 1.82) is 0 Å². The quantitative estimate of drug-likeness (QED) is 0.768. The van der Waals surface area contributed by atoms with Crippen LogP contribution < -0.4 is 11.1 Å². The van der Waals surface area contributed by atoms with Crippen LogP contribution >= 0.6 is 0 Å². The number of rotatable bonds is 4. The molecule has 4 rings (SSSR count). The largest absolute Gasteiger partial charge is 0.390 e. The molecule has 19 heavy (non-hydrogen) atoms. The van der Waals surface area contributed by atoms with Crippen LogP contribution in [0.1, 0.15) is 31.2 Å². The maximum Gasteiger partial charge on any atom is 0.0849 e. The van der Waals surface area contributed by atoms with E-state index < -0.39 is 6.10 Å². The number of nitrogens with two attached hydrogens (primary N) is 1. The van der Waals surface area contributed by atoms with Gasteiger partial charge in [-0.15, -0.1) is 0 Å². The number of hydrogen-bond donors (Lipinski definition) is 3. The van der Waals surface area contributed by atoms with Crippen LogP contribution in [0.5, 0.6) is 0 Å². The van der Waals surface area contributed by atoms with E-state index in [0.29, 0.717) is 12.0 Å². The van der Waals surface area contributed by atoms with Gasteiger partial charge in [0.15, 0.2) is 0 Å². The lowest BCUT2D eigenvalue weighted by Gasteiger charge is -2.46. The summed E-state index contributed by atoms with van der Waals surface area (Å²) in [4.78, 5) is 0. The molecule has 3 heteroatoms. The smallest absolute Gasteiger partial charge is 0.0849 e. The Hall–Kier alpha value is -0.900. The summed E-state index contributed by atoms with van der Waals surface area (Å²) in [6.45, 7) is 0.